The first-order valence-corrected chi connectivity index (χ1v) is 7.47. The van der Waals surface area contributed by atoms with E-state index in [1.807, 2.05) is 0 Å². The van der Waals surface area contributed by atoms with Gasteiger partial charge in [-0.2, -0.15) is 0 Å². The Morgan fingerprint density at radius 3 is 2.56 bits per heavy atom. The summed E-state index contributed by atoms with van der Waals surface area (Å²) in [6.07, 6.45) is 0. The van der Waals surface area contributed by atoms with Gasteiger partial charge in [0.1, 0.15) is 0 Å². The highest BCUT2D eigenvalue weighted by Crippen LogP contribution is 2.33. The Hall–Kier alpha value is -0.330. The van der Waals surface area contributed by atoms with Gasteiger partial charge in [0.05, 0.1) is 12.9 Å². The number of halogens is 3. The van der Waals surface area contributed by atoms with Crippen molar-refractivity contribution in [3.63, 3.8) is 0 Å². The fraction of sp³-hybridized carbons (Fsp3) is 0.333. The normalized spacial score (nSPS) is 11.6. The number of hydrogen-bond donors (Lipinski definition) is 0. The Balaban J connectivity index is 3.45. The van der Waals surface area contributed by atoms with Crippen LogP contribution in [0.2, 0.25) is 0 Å². The van der Waals surface area contributed by atoms with Crippen LogP contribution in [0, 0.1) is 12.7 Å². The smallest absolute Gasteiger partial charge is 0.236 e. The number of benzene rings is 1. The summed E-state index contributed by atoms with van der Waals surface area (Å²) >= 11 is 3.13. The third-order valence-electron chi connectivity index (χ3n) is 2.08. The number of rotatable bonds is 3. The maximum atomic E-state index is 13.5. The van der Waals surface area contributed by atoms with Gasteiger partial charge in [-0.1, -0.05) is 15.9 Å². The first kappa shape index (κ1) is 13.7. The Labute approximate surface area is 106 Å². The van der Waals surface area contributed by atoms with Gasteiger partial charge in [0.2, 0.25) is 9.05 Å². The third kappa shape index (κ3) is 3.09. The summed E-state index contributed by atoms with van der Waals surface area (Å²) in [5.74, 6) is -1.19. The highest BCUT2D eigenvalue weighted by atomic mass is 79.9. The molecule has 16 heavy (non-hydrogen) atoms. The molecule has 1 aromatic rings. The van der Waals surface area contributed by atoms with Crippen molar-refractivity contribution in [1.29, 1.82) is 0 Å². The SMILES string of the molecule is COc1c(F)cc(Br)c(C)c1CS(=O)(=O)Cl. The second-order valence-corrected chi connectivity index (χ2v) is 6.79. The molecule has 0 aliphatic rings. The van der Waals surface area contributed by atoms with E-state index in [9.17, 15) is 12.8 Å². The average molecular weight is 332 g/mol. The summed E-state index contributed by atoms with van der Waals surface area (Å²) < 4.78 is 40.8. The van der Waals surface area contributed by atoms with Gasteiger partial charge in [-0.05, 0) is 18.6 Å². The molecule has 90 valence electrons. The van der Waals surface area contributed by atoms with Gasteiger partial charge in [-0.15, -0.1) is 0 Å². The van der Waals surface area contributed by atoms with Gasteiger partial charge in [0.15, 0.2) is 11.6 Å². The van der Waals surface area contributed by atoms with E-state index in [2.05, 4.69) is 15.9 Å². The Morgan fingerprint density at radius 1 is 1.56 bits per heavy atom. The maximum absolute atomic E-state index is 13.5. The molecule has 7 heteroatoms. The fourth-order valence-corrected chi connectivity index (χ4v) is 2.77. The molecule has 0 fully saturated rings. The zero-order valence-corrected chi connectivity index (χ0v) is 11.7. The number of hydrogen-bond acceptors (Lipinski definition) is 3. The first-order valence-electron chi connectivity index (χ1n) is 4.20. The zero-order valence-electron chi connectivity index (χ0n) is 8.55. The van der Waals surface area contributed by atoms with Gasteiger partial charge >= 0.3 is 0 Å². The van der Waals surface area contributed by atoms with E-state index in [1.54, 1.807) is 6.92 Å². The second-order valence-electron chi connectivity index (χ2n) is 3.16. The van der Waals surface area contributed by atoms with Crippen molar-refractivity contribution in [2.24, 2.45) is 0 Å². The van der Waals surface area contributed by atoms with Gasteiger partial charge < -0.3 is 4.74 Å². The fourth-order valence-electron chi connectivity index (χ4n) is 1.31. The van der Waals surface area contributed by atoms with Gasteiger partial charge in [0, 0.05) is 20.7 Å². The summed E-state index contributed by atoms with van der Waals surface area (Å²) in [6.45, 7) is 1.66. The van der Waals surface area contributed by atoms with E-state index in [0.717, 1.165) is 0 Å². The van der Waals surface area contributed by atoms with Crippen LogP contribution in [0.4, 0.5) is 4.39 Å². The molecular formula is C9H9BrClFO3S. The Morgan fingerprint density at radius 2 is 2.12 bits per heavy atom. The molecule has 0 unspecified atom stereocenters. The van der Waals surface area contributed by atoms with E-state index < -0.39 is 20.6 Å². The number of ether oxygens (including phenoxy) is 1. The summed E-state index contributed by atoms with van der Waals surface area (Å²) in [5, 5.41) is 0. The predicted molar refractivity (Wildman–Crippen MR) is 63.9 cm³/mol. The molecule has 0 spiro atoms. The molecule has 0 N–H and O–H groups in total. The largest absolute Gasteiger partial charge is 0.493 e. The Kier molecular flexibility index (Phi) is 4.20. The molecule has 0 heterocycles. The van der Waals surface area contributed by atoms with Crippen LogP contribution in [0.15, 0.2) is 10.5 Å². The third-order valence-corrected chi connectivity index (χ3v) is 3.86. The van der Waals surface area contributed by atoms with Crippen molar-refractivity contribution < 1.29 is 17.5 Å². The van der Waals surface area contributed by atoms with Crippen LogP contribution < -0.4 is 4.74 Å². The lowest BCUT2D eigenvalue weighted by molar-refractivity contribution is 0.382. The molecule has 1 aromatic carbocycles. The first-order chi connectivity index (χ1) is 7.26. The van der Waals surface area contributed by atoms with Crippen LogP contribution >= 0.6 is 26.6 Å². The van der Waals surface area contributed by atoms with Crippen LogP contribution in [-0.2, 0) is 14.8 Å². The van der Waals surface area contributed by atoms with Crippen molar-refractivity contribution in [3.05, 3.63) is 27.5 Å². The van der Waals surface area contributed by atoms with Crippen molar-refractivity contribution in [3.8, 4) is 5.75 Å². The number of methoxy groups -OCH3 is 1. The van der Waals surface area contributed by atoms with E-state index in [1.165, 1.54) is 13.2 Å². The summed E-state index contributed by atoms with van der Waals surface area (Å²) in [4.78, 5) is 0. The minimum absolute atomic E-state index is 0.0927. The highest BCUT2D eigenvalue weighted by molar-refractivity contribution is 9.10. The molecule has 0 aromatic heterocycles. The zero-order chi connectivity index (χ0) is 12.5. The van der Waals surface area contributed by atoms with Gasteiger partial charge in [-0.3, -0.25) is 0 Å². The van der Waals surface area contributed by atoms with Crippen LogP contribution in [0.1, 0.15) is 11.1 Å². The molecule has 3 nitrogen and oxygen atoms in total. The monoisotopic (exact) mass is 330 g/mol. The highest BCUT2D eigenvalue weighted by Gasteiger charge is 2.20. The Bertz CT molecular complexity index is 516. The van der Waals surface area contributed by atoms with E-state index in [4.69, 9.17) is 15.4 Å². The molecule has 0 aliphatic carbocycles. The van der Waals surface area contributed by atoms with E-state index in [0.29, 0.717) is 10.0 Å². The van der Waals surface area contributed by atoms with Gasteiger partial charge in [-0.25, -0.2) is 12.8 Å². The quantitative estimate of drug-likeness (QED) is 0.800. The topological polar surface area (TPSA) is 43.4 Å². The summed E-state index contributed by atoms with van der Waals surface area (Å²) in [6, 6.07) is 1.22. The van der Waals surface area contributed by atoms with Crippen LogP contribution in [0.3, 0.4) is 0 Å². The molecule has 0 atom stereocenters. The van der Waals surface area contributed by atoms with Gasteiger partial charge in [0.25, 0.3) is 0 Å². The summed E-state index contributed by atoms with van der Waals surface area (Å²) in [5.41, 5.74) is 0.812. The lowest BCUT2D eigenvalue weighted by Gasteiger charge is -2.12. The lowest BCUT2D eigenvalue weighted by atomic mass is 10.1. The summed E-state index contributed by atoms with van der Waals surface area (Å²) in [7, 11) is 2.67. The molecule has 1 rings (SSSR count). The van der Waals surface area contributed by atoms with E-state index in [-0.39, 0.29) is 11.3 Å². The average Bonchev–Trinajstić information content (AvgIpc) is 2.12. The van der Waals surface area contributed by atoms with Crippen molar-refractivity contribution in [2.75, 3.05) is 7.11 Å². The van der Waals surface area contributed by atoms with Crippen molar-refractivity contribution in [1.82, 2.24) is 0 Å². The molecular weight excluding hydrogens is 323 g/mol. The minimum atomic E-state index is -3.76. The second kappa shape index (κ2) is 4.89. The maximum Gasteiger partial charge on any atom is 0.236 e. The molecule has 0 saturated heterocycles. The van der Waals surface area contributed by atoms with Crippen molar-refractivity contribution >= 4 is 35.7 Å². The lowest BCUT2D eigenvalue weighted by Crippen LogP contribution is -2.03. The molecule has 0 amide bonds. The van der Waals surface area contributed by atoms with Crippen molar-refractivity contribution in [2.45, 2.75) is 12.7 Å². The van der Waals surface area contributed by atoms with Crippen LogP contribution in [0.5, 0.6) is 5.75 Å². The molecule has 0 saturated carbocycles. The molecule has 0 radical (unpaired) electrons. The predicted octanol–water partition coefficient (Wildman–Crippen LogP) is 2.97. The standard InChI is InChI=1S/C9H9BrClFO3S/c1-5-6(4-16(11,13)14)9(15-2)8(12)3-7(5)10/h3H,4H2,1-2H3. The van der Waals surface area contributed by atoms with Crippen LogP contribution in [-0.4, -0.2) is 15.5 Å². The minimum Gasteiger partial charge on any atom is -0.493 e. The molecule has 0 bridgehead atoms. The van der Waals surface area contributed by atoms with Crippen LogP contribution in [0.25, 0.3) is 0 Å². The molecule has 0 aliphatic heterocycles. The van der Waals surface area contributed by atoms with E-state index >= 15 is 0 Å².